The molecule has 0 spiro atoms. The molecule has 0 radical (unpaired) electrons. The Morgan fingerprint density at radius 2 is 1.84 bits per heavy atom. The van der Waals surface area contributed by atoms with E-state index < -0.39 is 11.5 Å². The number of aliphatic imine (C=N–C) groups is 2. The minimum absolute atomic E-state index is 0.0185. The molecule has 1 fully saturated rings. The summed E-state index contributed by atoms with van der Waals surface area (Å²) in [6.45, 7) is 19.9. The van der Waals surface area contributed by atoms with Gasteiger partial charge in [-0.25, -0.2) is 18.7 Å². The van der Waals surface area contributed by atoms with Crippen LogP contribution in [0.4, 0.5) is 15.9 Å². The second-order valence-corrected chi connectivity index (χ2v) is 12.2. The third-order valence-electron chi connectivity index (χ3n) is 8.01. The number of carbonyl (C=O) groups excluding carboxylic acids is 1. The van der Waals surface area contributed by atoms with Crippen molar-refractivity contribution in [3.63, 3.8) is 0 Å². The number of halogens is 2. The van der Waals surface area contributed by atoms with Crippen molar-refractivity contribution < 1.29 is 9.18 Å². The second-order valence-electron chi connectivity index (χ2n) is 11.8. The highest BCUT2D eigenvalue weighted by Crippen LogP contribution is 2.38. The van der Waals surface area contributed by atoms with Gasteiger partial charge in [-0.3, -0.25) is 14.8 Å². The van der Waals surface area contributed by atoms with E-state index in [9.17, 15) is 9.59 Å². The third kappa shape index (κ3) is 6.13. The Kier molecular flexibility index (Phi) is 9.92. The number of nitrogen functional groups attached to an aromatic ring is 1. The molecule has 0 unspecified atom stereocenters. The lowest BCUT2D eigenvalue weighted by Crippen LogP contribution is -2.58. The Labute approximate surface area is 267 Å². The molecular formula is C33H40ClFN8O2. The van der Waals surface area contributed by atoms with Crippen molar-refractivity contribution in [1.82, 2.24) is 19.4 Å². The van der Waals surface area contributed by atoms with Crippen LogP contribution in [0, 0.1) is 17.7 Å². The molecule has 1 saturated heterocycles. The fourth-order valence-electron chi connectivity index (χ4n) is 5.87. The molecule has 3 heterocycles. The summed E-state index contributed by atoms with van der Waals surface area (Å²) in [6.07, 6.45) is 1.29. The van der Waals surface area contributed by atoms with E-state index in [1.807, 2.05) is 46.4 Å². The molecular weight excluding hydrogens is 595 g/mol. The maximum Gasteiger partial charge on any atom is 0.355 e. The number of benzene rings is 1. The smallest absolute Gasteiger partial charge is 0.355 e. The fourth-order valence-corrected chi connectivity index (χ4v) is 6.11. The second kappa shape index (κ2) is 13.3. The van der Waals surface area contributed by atoms with Crippen LogP contribution in [0.2, 0.25) is 5.02 Å². The lowest BCUT2D eigenvalue weighted by molar-refractivity contribution is -0.128. The van der Waals surface area contributed by atoms with E-state index in [1.54, 1.807) is 24.1 Å². The number of anilines is 2. The Hall–Kier alpha value is -4.38. The van der Waals surface area contributed by atoms with Crippen molar-refractivity contribution in [3.05, 3.63) is 63.9 Å². The van der Waals surface area contributed by atoms with E-state index in [1.165, 1.54) is 22.8 Å². The number of piperazine rings is 1. The summed E-state index contributed by atoms with van der Waals surface area (Å²) in [4.78, 5) is 48.9. The SMILES string of the molecule is C=CC(=O)N1C[C@H](C)N(c2nc(=O)n(/C(C(=NC)C(C)C)=C(/N=C)C(C)C)c3nc(-c4c(N)cccc4F)c(Cl)cc23)C[C@H]1C. The number of hydrogen-bond acceptors (Lipinski definition) is 8. The summed E-state index contributed by atoms with van der Waals surface area (Å²) in [5.74, 6) is -0.712. The molecule has 3 aromatic rings. The van der Waals surface area contributed by atoms with Crippen LogP contribution < -0.4 is 16.3 Å². The fraction of sp³-hybridized carbons (Fsp3) is 0.394. The Morgan fingerprint density at radius 1 is 1.16 bits per heavy atom. The highest BCUT2D eigenvalue weighted by Gasteiger charge is 2.34. The predicted octanol–water partition coefficient (Wildman–Crippen LogP) is 5.70. The molecule has 2 atom stereocenters. The highest BCUT2D eigenvalue weighted by atomic mass is 35.5. The van der Waals surface area contributed by atoms with E-state index in [-0.39, 0.29) is 57.4 Å². The van der Waals surface area contributed by atoms with Crippen LogP contribution in [0.15, 0.2) is 57.4 Å². The normalized spacial score (nSPS) is 18.1. The molecule has 4 rings (SSSR count). The summed E-state index contributed by atoms with van der Waals surface area (Å²) in [5.41, 5.74) is 7.50. The van der Waals surface area contributed by atoms with Gasteiger partial charge in [0.2, 0.25) is 5.91 Å². The number of fused-ring (bicyclic) bond motifs is 1. The standard InChI is InChI=1S/C33H40ClFN8O2/c1-10-25(44)41-15-20(7)42(16-19(41)6)31-21-14-22(34)29(26-23(35)12-11-13-24(26)36)39-32(21)43(33(45)40-31)30(27(37-8)17(2)3)28(38-9)18(4)5/h10-14,17-20H,1,8,15-16,36H2,2-7,9H3/b30-27+,38-28?/t19-,20+/m1/s1. The number of carbonyl (C=O) groups is 1. The van der Waals surface area contributed by atoms with Crippen molar-refractivity contribution in [1.29, 1.82) is 0 Å². The van der Waals surface area contributed by atoms with E-state index in [2.05, 4.69) is 28.3 Å². The van der Waals surface area contributed by atoms with E-state index in [0.29, 0.717) is 41.4 Å². The number of nitrogens with zero attached hydrogens (tertiary/aromatic N) is 7. The molecule has 45 heavy (non-hydrogen) atoms. The first-order chi connectivity index (χ1) is 21.3. The number of nitrogens with two attached hydrogens (primary N) is 1. The summed E-state index contributed by atoms with van der Waals surface area (Å²) in [5, 5.41) is 0.572. The summed E-state index contributed by atoms with van der Waals surface area (Å²) in [6, 6.07) is 5.53. The first-order valence-electron chi connectivity index (χ1n) is 14.8. The number of hydrogen-bond donors (Lipinski definition) is 1. The molecule has 2 aromatic heterocycles. The van der Waals surface area contributed by atoms with Crippen LogP contribution in [0.5, 0.6) is 0 Å². The third-order valence-corrected chi connectivity index (χ3v) is 8.30. The minimum Gasteiger partial charge on any atom is -0.398 e. The van der Waals surface area contributed by atoms with Gasteiger partial charge in [0.15, 0.2) is 5.65 Å². The van der Waals surface area contributed by atoms with Gasteiger partial charge in [0, 0.05) is 37.9 Å². The first kappa shape index (κ1) is 33.5. The molecule has 1 aromatic carbocycles. The van der Waals surface area contributed by atoms with Crippen molar-refractivity contribution in [2.75, 3.05) is 30.8 Å². The Morgan fingerprint density at radius 3 is 2.40 bits per heavy atom. The molecule has 10 nitrogen and oxygen atoms in total. The summed E-state index contributed by atoms with van der Waals surface area (Å²) < 4.78 is 16.6. The van der Waals surface area contributed by atoms with Gasteiger partial charge in [-0.15, -0.1) is 0 Å². The number of rotatable bonds is 8. The number of amides is 1. The van der Waals surface area contributed by atoms with Crippen molar-refractivity contribution in [2.45, 2.75) is 53.6 Å². The van der Waals surface area contributed by atoms with E-state index in [4.69, 9.17) is 22.3 Å². The van der Waals surface area contributed by atoms with Crippen molar-refractivity contribution in [3.8, 4) is 11.3 Å². The molecule has 0 bridgehead atoms. The largest absolute Gasteiger partial charge is 0.398 e. The van der Waals surface area contributed by atoms with Gasteiger partial charge in [-0.1, -0.05) is 51.9 Å². The van der Waals surface area contributed by atoms with E-state index >= 15 is 4.39 Å². The quantitative estimate of drug-likeness (QED) is 0.193. The van der Waals surface area contributed by atoms with E-state index in [0.717, 1.165) is 0 Å². The zero-order chi connectivity index (χ0) is 33.3. The number of allylic oxidation sites excluding steroid dienone is 2. The average Bonchev–Trinajstić information content (AvgIpc) is 2.97. The van der Waals surface area contributed by atoms with Crippen LogP contribution in [0.25, 0.3) is 28.0 Å². The molecule has 0 saturated carbocycles. The molecule has 1 aliphatic heterocycles. The predicted molar refractivity (Wildman–Crippen MR) is 183 cm³/mol. The monoisotopic (exact) mass is 634 g/mol. The van der Waals surface area contributed by atoms with Gasteiger partial charge in [0.25, 0.3) is 0 Å². The molecule has 1 aliphatic rings. The molecule has 238 valence electrons. The topological polar surface area (TPSA) is 122 Å². The zero-order valence-corrected chi connectivity index (χ0v) is 27.6. The van der Waals surface area contributed by atoms with Crippen molar-refractivity contribution >= 4 is 58.2 Å². The maximum atomic E-state index is 15.3. The van der Waals surface area contributed by atoms with Gasteiger partial charge >= 0.3 is 5.69 Å². The maximum absolute atomic E-state index is 15.3. The van der Waals surface area contributed by atoms with Crippen LogP contribution >= 0.6 is 11.6 Å². The molecule has 12 heteroatoms. The van der Waals surface area contributed by atoms with Crippen LogP contribution in [0.1, 0.15) is 41.5 Å². The van der Waals surface area contributed by atoms with Crippen LogP contribution in [0.3, 0.4) is 0 Å². The molecule has 2 N–H and O–H groups in total. The minimum atomic E-state index is -0.636. The van der Waals surface area contributed by atoms with Gasteiger partial charge in [0.05, 0.1) is 38.8 Å². The van der Waals surface area contributed by atoms with Gasteiger partial charge < -0.3 is 15.5 Å². The number of aromatic nitrogens is 3. The Bertz CT molecular complexity index is 1780. The molecule has 0 aliphatic carbocycles. The zero-order valence-electron chi connectivity index (χ0n) is 26.8. The summed E-state index contributed by atoms with van der Waals surface area (Å²) >= 11 is 6.85. The lowest BCUT2D eigenvalue weighted by atomic mass is 9.98. The van der Waals surface area contributed by atoms with Crippen LogP contribution in [-0.2, 0) is 4.79 Å². The van der Waals surface area contributed by atoms with Gasteiger partial charge in [-0.2, -0.15) is 4.98 Å². The lowest BCUT2D eigenvalue weighted by Gasteiger charge is -2.44. The Balaban J connectivity index is 2.17. The first-order valence-corrected chi connectivity index (χ1v) is 15.2. The molecule has 1 amide bonds. The average molecular weight is 635 g/mol. The van der Waals surface area contributed by atoms with Crippen molar-refractivity contribution in [2.24, 2.45) is 21.8 Å². The van der Waals surface area contributed by atoms with Gasteiger partial charge in [0.1, 0.15) is 11.6 Å². The highest BCUT2D eigenvalue weighted by molar-refractivity contribution is 6.34. The number of pyridine rings is 1. The van der Waals surface area contributed by atoms with Crippen LogP contribution in [-0.4, -0.2) is 70.0 Å². The van der Waals surface area contributed by atoms with Gasteiger partial charge in [-0.05, 0) is 56.7 Å². The summed E-state index contributed by atoms with van der Waals surface area (Å²) in [7, 11) is 1.65.